The molecule has 1 aliphatic rings. The maximum absolute atomic E-state index is 11.8. The first kappa shape index (κ1) is 12.1. The number of amides is 2. The number of hydrogen-bond donors (Lipinski definition) is 0. The van der Waals surface area contributed by atoms with Gasteiger partial charge in [0.05, 0.1) is 6.07 Å². The number of carbonyl (C=O) groups excluding carboxylic acids is 2. The molecule has 0 radical (unpaired) electrons. The van der Waals surface area contributed by atoms with Crippen molar-refractivity contribution in [3.05, 3.63) is 35.9 Å². The van der Waals surface area contributed by atoms with E-state index in [0.29, 0.717) is 0 Å². The van der Waals surface area contributed by atoms with Crippen LogP contribution in [0, 0.1) is 11.3 Å². The van der Waals surface area contributed by atoms with E-state index in [0.717, 1.165) is 5.56 Å². The second-order valence-corrected chi connectivity index (χ2v) is 4.15. The van der Waals surface area contributed by atoms with Crippen molar-refractivity contribution in [1.82, 2.24) is 9.80 Å². The summed E-state index contributed by atoms with van der Waals surface area (Å²) < 4.78 is 0. The van der Waals surface area contributed by atoms with Gasteiger partial charge in [-0.3, -0.25) is 9.59 Å². The fourth-order valence-corrected chi connectivity index (χ4v) is 2.11. The molecule has 0 saturated carbocycles. The van der Waals surface area contributed by atoms with Gasteiger partial charge in [0.2, 0.25) is 11.8 Å². The minimum absolute atomic E-state index is 0.0383. The summed E-state index contributed by atoms with van der Waals surface area (Å²) in [7, 11) is 1.67. The maximum Gasteiger partial charge on any atom is 0.243 e. The summed E-state index contributed by atoms with van der Waals surface area (Å²) in [5.74, 6) is -0.431. The molecule has 1 aromatic carbocycles. The molecule has 1 heterocycles. The van der Waals surface area contributed by atoms with Crippen LogP contribution in [0.15, 0.2) is 30.3 Å². The van der Waals surface area contributed by atoms with Gasteiger partial charge in [0.1, 0.15) is 19.1 Å². The lowest BCUT2D eigenvalue weighted by Crippen LogP contribution is -2.33. The molecule has 0 N–H and O–H groups in total. The van der Waals surface area contributed by atoms with Crippen LogP contribution < -0.4 is 0 Å². The van der Waals surface area contributed by atoms with Crippen molar-refractivity contribution in [2.24, 2.45) is 0 Å². The second-order valence-electron chi connectivity index (χ2n) is 4.15. The van der Waals surface area contributed by atoms with Crippen LogP contribution >= 0.6 is 0 Å². The fourth-order valence-electron chi connectivity index (χ4n) is 2.11. The Balaban J connectivity index is 2.32. The quantitative estimate of drug-likeness (QED) is 0.775. The van der Waals surface area contributed by atoms with Crippen LogP contribution in [0.3, 0.4) is 0 Å². The number of nitrogens with zero attached hydrogens (tertiary/aromatic N) is 3. The van der Waals surface area contributed by atoms with Gasteiger partial charge in [0, 0.05) is 7.05 Å². The molecule has 5 heteroatoms. The molecule has 5 nitrogen and oxygen atoms in total. The van der Waals surface area contributed by atoms with Crippen molar-refractivity contribution in [3.63, 3.8) is 0 Å². The Morgan fingerprint density at radius 2 is 2.11 bits per heavy atom. The number of likely N-dealkylation sites (N-methyl/N-ethyl adjacent to an activating group) is 1. The van der Waals surface area contributed by atoms with E-state index in [2.05, 4.69) is 0 Å². The SMILES string of the molecule is CN1C(=O)CN(C(=O)CC#N)C1c1ccccc1. The van der Waals surface area contributed by atoms with E-state index in [9.17, 15) is 9.59 Å². The Morgan fingerprint density at radius 3 is 2.72 bits per heavy atom. The van der Waals surface area contributed by atoms with Crippen molar-refractivity contribution in [2.75, 3.05) is 13.6 Å². The summed E-state index contributed by atoms with van der Waals surface area (Å²) in [6.45, 7) is 0.0383. The smallest absolute Gasteiger partial charge is 0.243 e. The Morgan fingerprint density at radius 1 is 1.44 bits per heavy atom. The molecule has 1 unspecified atom stereocenters. The van der Waals surface area contributed by atoms with Crippen LogP contribution in [0.1, 0.15) is 18.2 Å². The molecule has 1 fully saturated rings. The molecule has 2 amide bonds. The Labute approximate surface area is 105 Å². The van der Waals surface area contributed by atoms with Gasteiger partial charge in [0.25, 0.3) is 0 Å². The highest BCUT2D eigenvalue weighted by atomic mass is 16.2. The van der Waals surface area contributed by atoms with Crippen molar-refractivity contribution in [3.8, 4) is 6.07 Å². The van der Waals surface area contributed by atoms with E-state index in [1.54, 1.807) is 7.05 Å². The first-order valence-electron chi connectivity index (χ1n) is 5.62. The third-order valence-electron chi connectivity index (χ3n) is 3.01. The number of benzene rings is 1. The van der Waals surface area contributed by atoms with Crippen LogP contribution in [0.25, 0.3) is 0 Å². The van der Waals surface area contributed by atoms with Crippen LogP contribution in [-0.4, -0.2) is 35.2 Å². The molecular weight excluding hydrogens is 230 g/mol. The molecular formula is C13H13N3O2. The van der Waals surface area contributed by atoms with Gasteiger partial charge in [-0.2, -0.15) is 5.26 Å². The molecule has 18 heavy (non-hydrogen) atoms. The topological polar surface area (TPSA) is 64.4 Å². The third-order valence-corrected chi connectivity index (χ3v) is 3.01. The van der Waals surface area contributed by atoms with Gasteiger partial charge in [-0.25, -0.2) is 0 Å². The molecule has 0 spiro atoms. The van der Waals surface area contributed by atoms with Gasteiger partial charge >= 0.3 is 0 Å². The van der Waals surface area contributed by atoms with E-state index in [1.165, 1.54) is 9.80 Å². The standard InChI is InChI=1S/C13H13N3O2/c1-15-12(18)9-16(11(17)7-8-14)13(15)10-5-3-2-4-6-10/h2-6,13H,7,9H2,1H3. The molecule has 2 rings (SSSR count). The lowest BCUT2D eigenvalue weighted by Gasteiger charge is -2.27. The molecule has 1 saturated heterocycles. The van der Waals surface area contributed by atoms with E-state index in [1.807, 2.05) is 36.4 Å². The summed E-state index contributed by atoms with van der Waals surface area (Å²) in [6.07, 6.45) is -0.607. The van der Waals surface area contributed by atoms with Crippen molar-refractivity contribution < 1.29 is 9.59 Å². The first-order valence-corrected chi connectivity index (χ1v) is 5.62. The summed E-state index contributed by atoms with van der Waals surface area (Å²) in [5, 5.41) is 8.59. The van der Waals surface area contributed by atoms with E-state index < -0.39 is 6.17 Å². The molecule has 1 atom stereocenters. The monoisotopic (exact) mass is 243 g/mol. The molecule has 1 aliphatic heterocycles. The van der Waals surface area contributed by atoms with Gasteiger partial charge < -0.3 is 9.80 Å². The number of nitriles is 1. The Hall–Kier alpha value is -2.35. The highest BCUT2D eigenvalue weighted by molar-refractivity contribution is 5.89. The predicted molar refractivity (Wildman–Crippen MR) is 63.9 cm³/mol. The summed E-state index contributed by atoms with van der Waals surface area (Å²) >= 11 is 0. The molecule has 1 aromatic rings. The van der Waals surface area contributed by atoms with Crippen molar-refractivity contribution in [1.29, 1.82) is 5.26 Å². The van der Waals surface area contributed by atoms with Gasteiger partial charge in [-0.1, -0.05) is 30.3 Å². The normalized spacial score (nSPS) is 18.9. The number of hydrogen-bond acceptors (Lipinski definition) is 3. The van der Waals surface area contributed by atoms with Crippen LogP contribution in [-0.2, 0) is 9.59 Å². The lowest BCUT2D eigenvalue weighted by molar-refractivity contribution is -0.132. The first-order chi connectivity index (χ1) is 8.65. The second kappa shape index (κ2) is 4.88. The van der Waals surface area contributed by atoms with Crippen molar-refractivity contribution >= 4 is 11.8 Å². The van der Waals surface area contributed by atoms with Gasteiger partial charge in [-0.05, 0) is 5.56 Å². The van der Waals surface area contributed by atoms with Crippen molar-refractivity contribution in [2.45, 2.75) is 12.6 Å². The van der Waals surface area contributed by atoms with Gasteiger partial charge in [0.15, 0.2) is 0 Å². The lowest BCUT2D eigenvalue weighted by atomic mass is 10.1. The van der Waals surface area contributed by atoms with Gasteiger partial charge in [-0.15, -0.1) is 0 Å². The molecule has 92 valence electrons. The highest BCUT2D eigenvalue weighted by Gasteiger charge is 2.38. The average molecular weight is 243 g/mol. The molecule has 0 aliphatic carbocycles. The van der Waals surface area contributed by atoms with E-state index in [4.69, 9.17) is 5.26 Å². The average Bonchev–Trinajstić information content (AvgIpc) is 2.67. The van der Waals surface area contributed by atoms with Crippen LogP contribution in [0.5, 0.6) is 0 Å². The zero-order valence-corrected chi connectivity index (χ0v) is 10.0. The summed E-state index contributed by atoms with van der Waals surface area (Å²) in [6, 6.07) is 11.2. The minimum atomic E-state index is -0.403. The Bertz CT molecular complexity index is 507. The number of carbonyl (C=O) groups is 2. The fraction of sp³-hybridized carbons (Fsp3) is 0.308. The minimum Gasteiger partial charge on any atom is -0.320 e. The molecule has 0 bridgehead atoms. The Kier molecular flexibility index (Phi) is 3.28. The number of rotatable bonds is 2. The van der Waals surface area contributed by atoms with E-state index in [-0.39, 0.29) is 24.8 Å². The maximum atomic E-state index is 11.8. The highest BCUT2D eigenvalue weighted by Crippen LogP contribution is 2.29. The third kappa shape index (κ3) is 2.05. The van der Waals surface area contributed by atoms with Crippen LogP contribution in [0.4, 0.5) is 0 Å². The molecule has 0 aromatic heterocycles. The zero-order valence-electron chi connectivity index (χ0n) is 10.0. The largest absolute Gasteiger partial charge is 0.320 e. The van der Waals surface area contributed by atoms with Crippen LogP contribution in [0.2, 0.25) is 0 Å². The summed E-state index contributed by atoms with van der Waals surface area (Å²) in [4.78, 5) is 26.5. The predicted octanol–water partition coefficient (Wildman–Crippen LogP) is 0.899. The zero-order chi connectivity index (χ0) is 13.1. The van der Waals surface area contributed by atoms with E-state index >= 15 is 0 Å². The summed E-state index contributed by atoms with van der Waals surface area (Å²) in [5.41, 5.74) is 0.872.